The summed E-state index contributed by atoms with van der Waals surface area (Å²) in [5.41, 5.74) is 2.75. The molecule has 2 N–H and O–H groups in total. The van der Waals surface area contributed by atoms with Crippen LogP contribution in [-0.2, 0) is 0 Å². The maximum Gasteiger partial charge on any atom is 0.321 e. The number of hydrogen-bond donors (Lipinski definition) is 2. The maximum atomic E-state index is 11.5. The quantitative estimate of drug-likeness (QED) is 0.800. The second-order valence-corrected chi connectivity index (χ2v) is 5.07. The van der Waals surface area contributed by atoms with E-state index in [4.69, 9.17) is 0 Å². The van der Waals surface area contributed by atoms with E-state index in [-0.39, 0.29) is 6.03 Å². The lowest BCUT2D eigenvalue weighted by molar-refractivity contribution is 0.252. The number of benzene rings is 1. The molecule has 20 heavy (non-hydrogen) atoms. The Morgan fingerprint density at radius 3 is 2.85 bits per heavy atom. The van der Waals surface area contributed by atoms with E-state index in [9.17, 15) is 4.79 Å². The lowest BCUT2D eigenvalue weighted by atomic mass is 10.3. The third-order valence-electron chi connectivity index (χ3n) is 2.73. The molecule has 0 radical (unpaired) electrons. The summed E-state index contributed by atoms with van der Waals surface area (Å²) in [4.78, 5) is 13.7. The predicted octanol–water partition coefficient (Wildman–Crippen LogP) is 2.19. The molecule has 2 aromatic rings. The van der Waals surface area contributed by atoms with Crippen molar-refractivity contribution in [3.63, 3.8) is 0 Å². The van der Waals surface area contributed by atoms with E-state index in [2.05, 4.69) is 37.9 Å². The zero-order valence-electron chi connectivity index (χ0n) is 11.2. The first-order chi connectivity index (χ1) is 9.75. The van der Waals surface area contributed by atoms with Crippen molar-refractivity contribution in [3.8, 4) is 0 Å². The lowest BCUT2D eigenvalue weighted by Gasteiger charge is -2.19. The van der Waals surface area contributed by atoms with Crippen LogP contribution in [0.2, 0.25) is 0 Å². The standard InChI is InChI=1S/C13H17N5OS/c1-18(11-6-3-2-4-7-11)9-5-8-14-12(19)16-13-17-15-10-20-13/h2-4,6-7,10H,5,8-9H2,1H3,(H2,14,16,17,19). The molecule has 0 aliphatic rings. The van der Waals surface area contributed by atoms with Crippen molar-refractivity contribution in [2.45, 2.75) is 6.42 Å². The van der Waals surface area contributed by atoms with Gasteiger partial charge in [0.25, 0.3) is 0 Å². The Labute approximate surface area is 121 Å². The first kappa shape index (κ1) is 14.3. The summed E-state index contributed by atoms with van der Waals surface area (Å²) in [7, 11) is 2.04. The first-order valence-electron chi connectivity index (χ1n) is 6.33. The molecule has 1 heterocycles. The van der Waals surface area contributed by atoms with E-state index in [0.717, 1.165) is 13.0 Å². The molecular formula is C13H17N5OS. The van der Waals surface area contributed by atoms with Crippen molar-refractivity contribution in [1.82, 2.24) is 15.5 Å². The fraction of sp³-hybridized carbons (Fsp3) is 0.308. The van der Waals surface area contributed by atoms with Gasteiger partial charge in [0.05, 0.1) is 0 Å². The molecule has 0 fully saturated rings. The van der Waals surface area contributed by atoms with Crippen LogP contribution in [0.1, 0.15) is 6.42 Å². The highest BCUT2D eigenvalue weighted by molar-refractivity contribution is 7.13. The Balaban J connectivity index is 1.63. The Kier molecular flexibility index (Phi) is 5.31. The first-order valence-corrected chi connectivity index (χ1v) is 7.21. The van der Waals surface area contributed by atoms with Crippen molar-refractivity contribution >= 4 is 28.2 Å². The zero-order chi connectivity index (χ0) is 14.2. The number of amides is 2. The molecule has 0 unspecified atom stereocenters. The Bertz CT molecular complexity index is 517. The van der Waals surface area contributed by atoms with Gasteiger partial charge in [0.15, 0.2) is 0 Å². The molecule has 2 rings (SSSR count). The summed E-state index contributed by atoms with van der Waals surface area (Å²) >= 11 is 1.29. The average molecular weight is 291 g/mol. The van der Waals surface area contributed by atoms with Gasteiger partial charge < -0.3 is 10.2 Å². The number of urea groups is 1. The highest BCUT2D eigenvalue weighted by atomic mass is 32.1. The number of rotatable bonds is 6. The number of nitrogens with zero attached hydrogens (tertiary/aromatic N) is 3. The number of para-hydroxylation sites is 1. The van der Waals surface area contributed by atoms with E-state index in [1.807, 2.05) is 25.2 Å². The minimum Gasteiger partial charge on any atom is -0.375 e. The van der Waals surface area contributed by atoms with Crippen molar-refractivity contribution in [2.24, 2.45) is 0 Å². The van der Waals surface area contributed by atoms with Crippen molar-refractivity contribution in [1.29, 1.82) is 0 Å². The smallest absolute Gasteiger partial charge is 0.321 e. The minimum absolute atomic E-state index is 0.246. The van der Waals surface area contributed by atoms with Crippen molar-refractivity contribution < 1.29 is 4.79 Å². The number of nitrogens with one attached hydrogen (secondary N) is 2. The van der Waals surface area contributed by atoms with E-state index >= 15 is 0 Å². The fourth-order valence-corrected chi connectivity index (χ4v) is 2.14. The molecule has 0 aliphatic carbocycles. The third-order valence-corrected chi connectivity index (χ3v) is 3.34. The van der Waals surface area contributed by atoms with E-state index in [1.165, 1.54) is 17.0 Å². The van der Waals surface area contributed by atoms with Crippen LogP contribution < -0.4 is 15.5 Å². The number of aromatic nitrogens is 2. The van der Waals surface area contributed by atoms with Gasteiger partial charge in [-0.3, -0.25) is 5.32 Å². The average Bonchev–Trinajstić information content (AvgIpc) is 2.97. The van der Waals surface area contributed by atoms with Crippen molar-refractivity contribution in [3.05, 3.63) is 35.8 Å². The monoisotopic (exact) mass is 291 g/mol. The van der Waals surface area contributed by atoms with Crippen LogP contribution in [0, 0.1) is 0 Å². The van der Waals surface area contributed by atoms with E-state index in [1.54, 1.807) is 5.51 Å². The summed E-state index contributed by atoms with van der Waals surface area (Å²) in [6, 6.07) is 9.91. The summed E-state index contributed by atoms with van der Waals surface area (Å²) in [5.74, 6) is 0. The predicted molar refractivity (Wildman–Crippen MR) is 81.3 cm³/mol. The zero-order valence-corrected chi connectivity index (χ0v) is 12.1. The fourth-order valence-electron chi connectivity index (χ4n) is 1.70. The largest absolute Gasteiger partial charge is 0.375 e. The molecule has 2 amide bonds. The molecule has 0 saturated heterocycles. The molecule has 1 aromatic carbocycles. The normalized spacial score (nSPS) is 10.1. The van der Waals surface area contributed by atoms with Gasteiger partial charge in [-0.2, -0.15) is 0 Å². The van der Waals surface area contributed by atoms with Gasteiger partial charge in [-0.05, 0) is 18.6 Å². The molecule has 0 saturated carbocycles. The topological polar surface area (TPSA) is 70.2 Å². The maximum absolute atomic E-state index is 11.5. The van der Waals surface area contributed by atoms with E-state index < -0.39 is 0 Å². The molecule has 0 atom stereocenters. The number of hydrogen-bond acceptors (Lipinski definition) is 5. The van der Waals surface area contributed by atoms with Crippen LogP contribution >= 0.6 is 11.3 Å². The second-order valence-electron chi connectivity index (χ2n) is 4.24. The molecule has 0 spiro atoms. The van der Waals surface area contributed by atoms with Gasteiger partial charge in [0, 0.05) is 25.8 Å². The molecule has 106 valence electrons. The van der Waals surface area contributed by atoms with Crippen LogP contribution in [0.3, 0.4) is 0 Å². The van der Waals surface area contributed by atoms with Gasteiger partial charge in [0.1, 0.15) is 5.51 Å². The number of carbonyl (C=O) groups excluding carboxylic acids is 1. The highest BCUT2D eigenvalue weighted by Gasteiger charge is 2.04. The third kappa shape index (κ3) is 4.51. The molecule has 1 aromatic heterocycles. The SMILES string of the molecule is CN(CCCNC(=O)Nc1nncs1)c1ccccc1. The lowest BCUT2D eigenvalue weighted by Crippen LogP contribution is -2.31. The molecule has 0 aliphatic heterocycles. The Hall–Kier alpha value is -2.15. The second kappa shape index (κ2) is 7.44. The Morgan fingerprint density at radius 1 is 1.35 bits per heavy atom. The van der Waals surface area contributed by atoms with Gasteiger partial charge in [-0.1, -0.05) is 29.5 Å². The van der Waals surface area contributed by atoms with Crippen LogP contribution in [0.5, 0.6) is 0 Å². The molecular weight excluding hydrogens is 274 g/mol. The van der Waals surface area contributed by atoms with E-state index in [0.29, 0.717) is 11.7 Å². The summed E-state index contributed by atoms with van der Waals surface area (Å²) in [6.07, 6.45) is 0.870. The van der Waals surface area contributed by atoms with Crippen LogP contribution in [0.15, 0.2) is 35.8 Å². The molecule has 0 bridgehead atoms. The summed E-state index contributed by atoms with van der Waals surface area (Å²) in [5, 5.41) is 13.3. The van der Waals surface area contributed by atoms with Crippen molar-refractivity contribution in [2.75, 3.05) is 30.4 Å². The summed E-state index contributed by atoms with van der Waals surface area (Å²) in [6.45, 7) is 1.49. The summed E-state index contributed by atoms with van der Waals surface area (Å²) < 4.78 is 0. The van der Waals surface area contributed by atoms with Gasteiger partial charge in [-0.15, -0.1) is 10.2 Å². The van der Waals surface area contributed by atoms with Crippen LogP contribution in [-0.4, -0.2) is 36.4 Å². The number of carbonyl (C=O) groups is 1. The number of anilines is 2. The highest BCUT2D eigenvalue weighted by Crippen LogP contribution is 2.10. The molecule has 7 heteroatoms. The van der Waals surface area contributed by atoms with Crippen LogP contribution in [0.25, 0.3) is 0 Å². The Morgan fingerprint density at radius 2 is 2.15 bits per heavy atom. The molecule has 6 nitrogen and oxygen atoms in total. The van der Waals surface area contributed by atoms with Crippen LogP contribution in [0.4, 0.5) is 15.6 Å². The van der Waals surface area contributed by atoms with Gasteiger partial charge in [0.2, 0.25) is 5.13 Å². The minimum atomic E-state index is -0.246. The van der Waals surface area contributed by atoms with Gasteiger partial charge in [-0.25, -0.2) is 4.79 Å². The van der Waals surface area contributed by atoms with Gasteiger partial charge >= 0.3 is 6.03 Å².